The van der Waals surface area contributed by atoms with Crippen molar-refractivity contribution in [2.75, 3.05) is 7.11 Å². The Morgan fingerprint density at radius 1 is 0.869 bits per heavy atom. The number of methoxy groups -OCH3 is 1. The first kappa shape index (κ1) is 50.9. The fraction of sp³-hybridized carbons (Fsp3) is 0.548. The van der Waals surface area contributed by atoms with Crippen LogP contribution in [0.3, 0.4) is 0 Å². The molecule has 1 saturated heterocycles. The zero-order valence-electron chi connectivity index (χ0n) is 36.4. The number of cyclic esters (lactones) is 1. The highest BCUT2D eigenvalue weighted by atomic mass is 16.5. The summed E-state index contributed by atoms with van der Waals surface area (Å²) in [4.78, 5) is 121. The fourth-order valence-electron chi connectivity index (χ4n) is 5.94. The van der Waals surface area contributed by atoms with Crippen molar-refractivity contribution >= 4 is 53.3 Å². The number of carbonyl (C=O) groups excluding carboxylic acids is 9. The molecule has 1 aromatic rings. The molecule has 0 spiro atoms. The summed E-state index contributed by atoms with van der Waals surface area (Å²) in [5.41, 5.74) is 0.546. The molecule has 0 radical (unpaired) electrons. The van der Waals surface area contributed by atoms with Crippen molar-refractivity contribution in [2.45, 2.75) is 130 Å². The Labute approximate surface area is 356 Å². The van der Waals surface area contributed by atoms with E-state index in [2.05, 4.69) is 42.0 Å². The lowest BCUT2D eigenvalue weighted by atomic mass is 10.00. The quantitative estimate of drug-likeness (QED) is 0.0936. The minimum absolute atomic E-state index is 0.0350. The second-order valence-electron chi connectivity index (χ2n) is 15.5. The van der Waals surface area contributed by atoms with E-state index in [1.165, 1.54) is 51.1 Å². The van der Waals surface area contributed by atoms with E-state index < -0.39 is 102 Å². The molecule has 61 heavy (non-hydrogen) atoms. The summed E-state index contributed by atoms with van der Waals surface area (Å²) in [6, 6.07) is -2.52. The molecule has 2 rings (SSSR count). The molecule has 0 saturated carbocycles. The van der Waals surface area contributed by atoms with Crippen LogP contribution in [-0.4, -0.2) is 108 Å². The topological polar surface area (TPSA) is 277 Å². The molecule has 336 valence electrons. The monoisotopic (exact) mass is 855 g/mol. The van der Waals surface area contributed by atoms with Gasteiger partial charge in [0.1, 0.15) is 53.8 Å². The number of phenols is 1. The van der Waals surface area contributed by atoms with Gasteiger partial charge in [-0.1, -0.05) is 52.0 Å². The average molecular weight is 856 g/mol. The number of hydrogen-bond acceptors (Lipinski definition) is 12. The minimum atomic E-state index is -1.72. The predicted molar refractivity (Wildman–Crippen MR) is 221 cm³/mol. The third kappa shape index (κ3) is 16.0. The molecule has 7 amide bonds. The van der Waals surface area contributed by atoms with E-state index in [0.717, 1.165) is 7.11 Å². The van der Waals surface area contributed by atoms with Crippen LogP contribution in [-0.2, 0) is 59.0 Å². The third-order valence-corrected chi connectivity index (χ3v) is 9.73. The van der Waals surface area contributed by atoms with Gasteiger partial charge in [-0.3, -0.25) is 38.4 Å². The largest absolute Gasteiger partial charge is 0.508 e. The number of amides is 7. The van der Waals surface area contributed by atoms with Gasteiger partial charge in [0.15, 0.2) is 0 Å². The van der Waals surface area contributed by atoms with Crippen molar-refractivity contribution in [3.8, 4) is 5.75 Å². The van der Waals surface area contributed by atoms with Crippen LogP contribution in [0.2, 0.25) is 0 Å². The lowest BCUT2D eigenvalue weighted by molar-refractivity contribution is -0.156. The Kier molecular flexibility index (Phi) is 20.1. The summed E-state index contributed by atoms with van der Waals surface area (Å²) in [5.74, 6) is -8.16. The van der Waals surface area contributed by atoms with Gasteiger partial charge in [-0.2, -0.15) is 0 Å². The minimum Gasteiger partial charge on any atom is -0.508 e. The number of aromatic hydroxyl groups is 1. The zero-order chi connectivity index (χ0) is 46.1. The first-order valence-corrected chi connectivity index (χ1v) is 20.1. The molecule has 7 atom stereocenters. The molecule has 0 aromatic heterocycles. The number of allylic oxidation sites excluding steroid dienone is 2. The summed E-state index contributed by atoms with van der Waals surface area (Å²) in [5, 5.41) is 27.7. The van der Waals surface area contributed by atoms with E-state index in [0.29, 0.717) is 11.1 Å². The highest BCUT2D eigenvalue weighted by Gasteiger charge is 2.38. The van der Waals surface area contributed by atoms with Crippen LogP contribution in [0.1, 0.15) is 87.1 Å². The van der Waals surface area contributed by atoms with Crippen LogP contribution in [0.15, 0.2) is 47.7 Å². The lowest BCUT2D eigenvalue weighted by Gasteiger charge is -2.31. The molecular weight excluding hydrogens is 794 g/mol. The number of rotatable bonds is 14. The van der Waals surface area contributed by atoms with Crippen LogP contribution in [0.4, 0.5) is 0 Å². The normalized spacial score (nSPS) is 22.5. The van der Waals surface area contributed by atoms with E-state index >= 15 is 0 Å². The second kappa shape index (κ2) is 24.1. The van der Waals surface area contributed by atoms with Gasteiger partial charge < -0.3 is 51.8 Å². The lowest BCUT2D eigenvalue weighted by Crippen LogP contribution is -2.62. The summed E-state index contributed by atoms with van der Waals surface area (Å²) >= 11 is 0. The molecule has 0 aliphatic carbocycles. The molecule has 0 bridgehead atoms. The molecule has 8 N–H and O–H groups in total. The zero-order valence-corrected chi connectivity index (χ0v) is 36.4. The number of esters is 2. The molecular formula is C42H61N7O12. The SMILES string of the molecule is CC=C(C)C(=O)N[C@H](C(=O)N[C@H](Cc1ccc(O)cc1)C(=O)N[C@@H]1C(=O)N[C@@H](C)C(=O)NC(=CC)C(=O)N[C@H](CCC(=O)OC)C(=O)N[C@@H](CC(C)C)C(=O)O[C@@H]1C)C(C)C. The maximum absolute atomic E-state index is 14.3. The second-order valence-corrected chi connectivity index (χ2v) is 15.5. The molecule has 19 nitrogen and oxygen atoms in total. The van der Waals surface area contributed by atoms with Crippen LogP contribution in [0.25, 0.3) is 0 Å². The maximum atomic E-state index is 14.3. The van der Waals surface area contributed by atoms with Gasteiger partial charge in [0.2, 0.25) is 35.4 Å². The van der Waals surface area contributed by atoms with E-state index in [9.17, 15) is 48.3 Å². The van der Waals surface area contributed by atoms with E-state index in [4.69, 9.17) is 4.74 Å². The molecule has 1 aliphatic rings. The Bertz CT molecular complexity index is 1840. The van der Waals surface area contributed by atoms with Gasteiger partial charge >= 0.3 is 11.9 Å². The number of hydrogen-bond donors (Lipinski definition) is 8. The van der Waals surface area contributed by atoms with Gasteiger partial charge in [-0.25, -0.2) is 4.79 Å². The average Bonchev–Trinajstić information content (AvgIpc) is 3.20. The molecule has 1 aliphatic heterocycles. The Morgan fingerprint density at radius 2 is 1.51 bits per heavy atom. The fourth-order valence-corrected chi connectivity index (χ4v) is 5.94. The molecule has 1 heterocycles. The predicted octanol–water partition coefficient (Wildman–Crippen LogP) is 0.450. The first-order chi connectivity index (χ1) is 28.6. The van der Waals surface area contributed by atoms with Crippen LogP contribution in [0.5, 0.6) is 5.75 Å². The molecule has 1 aromatic carbocycles. The highest BCUT2D eigenvalue weighted by Crippen LogP contribution is 2.15. The molecule has 1 fully saturated rings. The van der Waals surface area contributed by atoms with E-state index in [-0.39, 0.29) is 43.0 Å². The number of phenolic OH excluding ortho intramolecular Hbond substituents is 1. The van der Waals surface area contributed by atoms with E-state index in [1.807, 2.05) is 0 Å². The third-order valence-electron chi connectivity index (χ3n) is 9.73. The van der Waals surface area contributed by atoms with Crippen molar-refractivity contribution < 1.29 is 57.7 Å². The van der Waals surface area contributed by atoms with Gasteiger partial charge in [0.05, 0.1) is 7.11 Å². The Balaban J connectivity index is 2.63. The summed E-state index contributed by atoms with van der Waals surface area (Å²) in [6.45, 7) is 14.2. The molecule has 19 heteroatoms. The van der Waals surface area contributed by atoms with Crippen molar-refractivity contribution in [3.05, 3.63) is 53.3 Å². The number of ether oxygens (including phenoxy) is 2. The maximum Gasteiger partial charge on any atom is 0.328 e. The summed E-state index contributed by atoms with van der Waals surface area (Å²) in [6.07, 6.45) is 0.699. The van der Waals surface area contributed by atoms with Crippen LogP contribution in [0, 0.1) is 11.8 Å². The van der Waals surface area contributed by atoms with Crippen molar-refractivity contribution in [1.29, 1.82) is 0 Å². The number of carbonyl (C=O) groups is 9. The van der Waals surface area contributed by atoms with Gasteiger partial charge in [-0.05, 0) is 77.0 Å². The van der Waals surface area contributed by atoms with Gasteiger partial charge in [-0.15, -0.1) is 0 Å². The number of nitrogens with one attached hydrogen (secondary N) is 7. The first-order valence-electron chi connectivity index (χ1n) is 20.1. The van der Waals surface area contributed by atoms with Crippen molar-refractivity contribution in [1.82, 2.24) is 37.2 Å². The standard InChI is InChI=1S/C42H61N7O12/c1-11-23(7)35(52)48-33(22(5)6)40(57)46-30(20-26-13-15-27(50)16-14-26)39(56)49-34-25(9)61-42(59)31(19-21(3)4)47-38(55)29(17-18-32(51)60-10)45-37(54)28(12-2)44-36(53)24(8)43-41(34)58/h11-16,21-22,24-25,29-31,33-34,50H,17-20H2,1-10H3,(H,43,58)(H,44,53)(H,45,54)(H,46,57)(H,47,55)(H,48,52)(H,49,56)/t24-,25+,29+,30+,31-,33-,34-/m0/s1. The Morgan fingerprint density at radius 3 is 2.07 bits per heavy atom. The molecule has 0 unspecified atom stereocenters. The van der Waals surface area contributed by atoms with Crippen LogP contribution < -0.4 is 37.2 Å². The number of benzene rings is 1. The van der Waals surface area contributed by atoms with Gasteiger partial charge in [0.25, 0.3) is 5.91 Å². The van der Waals surface area contributed by atoms with Crippen molar-refractivity contribution in [3.63, 3.8) is 0 Å². The smallest absolute Gasteiger partial charge is 0.328 e. The van der Waals surface area contributed by atoms with E-state index in [1.54, 1.807) is 47.6 Å². The van der Waals surface area contributed by atoms with Crippen LogP contribution >= 0.6 is 0 Å². The Hall–Kier alpha value is -6.27. The highest BCUT2D eigenvalue weighted by molar-refractivity contribution is 6.02. The summed E-state index contributed by atoms with van der Waals surface area (Å²) < 4.78 is 10.4. The van der Waals surface area contributed by atoms with Gasteiger partial charge in [0, 0.05) is 18.4 Å². The summed E-state index contributed by atoms with van der Waals surface area (Å²) in [7, 11) is 1.15. The van der Waals surface area contributed by atoms with Crippen molar-refractivity contribution in [2.24, 2.45) is 11.8 Å².